The molecule has 0 aliphatic carbocycles. The van der Waals surface area contributed by atoms with E-state index in [2.05, 4.69) is 18.8 Å². The lowest BCUT2D eigenvalue weighted by molar-refractivity contribution is 0.0691. The number of benzene rings is 2. The summed E-state index contributed by atoms with van der Waals surface area (Å²) in [5.74, 6) is -0.237. The van der Waals surface area contributed by atoms with Crippen LogP contribution in [-0.2, 0) is 0 Å². The Labute approximate surface area is 149 Å². The number of fused-ring (bicyclic) bond motifs is 1. The number of carbonyl (C=O) groups excluding carboxylic acids is 1. The molecular formula is C19H18N2O3S. The van der Waals surface area contributed by atoms with Gasteiger partial charge in [-0.1, -0.05) is 49.9 Å². The fourth-order valence-electron chi connectivity index (χ4n) is 2.51. The van der Waals surface area contributed by atoms with Crippen molar-refractivity contribution in [3.63, 3.8) is 0 Å². The van der Waals surface area contributed by atoms with E-state index in [9.17, 15) is 14.7 Å². The number of imidazole rings is 1. The lowest BCUT2D eigenvalue weighted by Crippen LogP contribution is -2.17. The molecule has 6 heteroatoms. The predicted molar refractivity (Wildman–Crippen MR) is 98.4 cm³/mol. The summed E-state index contributed by atoms with van der Waals surface area (Å²) in [6.45, 7) is 4.20. The molecule has 0 aliphatic heterocycles. The Hall–Kier alpha value is -2.60. The highest BCUT2D eigenvalue weighted by Gasteiger charge is 2.22. The molecule has 1 N–H and O–H groups in total. The maximum Gasteiger partial charge on any atom is 0.336 e. The van der Waals surface area contributed by atoms with Gasteiger partial charge in [0.25, 0.3) is 5.91 Å². The van der Waals surface area contributed by atoms with Crippen LogP contribution in [0.4, 0.5) is 0 Å². The van der Waals surface area contributed by atoms with Gasteiger partial charge in [0.15, 0.2) is 5.16 Å². The summed E-state index contributed by atoms with van der Waals surface area (Å²) < 4.78 is 1.52. The summed E-state index contributed by atoms with van der Waals surface area (Å²) in [6, 6.07) is 13.6. The number of carboxylic acids is 1. The molecule has 0 fully saturated rings. The van der Waals surface area contributed by atoms with Gasteiger partial charge in [-0.25, -0.2) is 9.78 Å². The molecule has 0 unspecified atom stereocenters. The Morgan fingerprint density at radius 2 is 1.72 bits per heavy atom. The van der Waals surface area contributed by atoms with Gasteiger partial charge < -0.3 is 5.11 Å². The summed E-state index contributed by atoms with van der Waals surface area (Å²) >= 11 is 1.50. The molecule has 0 saturated heterocycles. The minimum atomic E-state index is -1.12. The molecule has 0 radical (unpaired) electrons. The summed E-state index contributed by atoms with van der Waals surface area (Å²) in [7, 11) is 0. The molecule has 1 aromatic heterocycles. The summed E-state index contributed by atoms with van der Waals surface area (Å²) in [5.41, 5.74) is 1.54. The van der Waals surface area contributed by atoms with Crippen LogP contribution in [0.25, 0.3) is 11.0 Å². The fraction of sp³-hybridized carbons (Fsp3) is 0.211. The second kappa shape index (κ2) is 7.11. The minimum absolute atomic E-state index is 0.00918. The third-order valence-electron chi connectivity index (χ3n) is 3.67. The van der Waals surface area contributed by atoms with E-state index < -0.39 is 5.97 Å². The van der Waals surface area contributed by atoms with Gasteiger partial charge in [0.05, 0.1) is 22.2 Å². The van der Waals surface area contributed by atoms with E-state index in [4.69, 9.17) is 0 Å². The zero-order valence-electron chi connectivity index (χ0n) is 14.0. The summed E-state index contributed by atoms with van der Waals surface area (Å²) in [4.78, 5) is 29.2. The molecular weight excluding hydrogens is 336 g/mol. The van der Waals surface area contributed by atoms with Gasteiger partial charge in [-0.3, -0.25) is 9.36 Å². The Kier molecular flexibility index (Phi) is 4.90. The number of para-hydroxylation sites is 2. The first kappa shape index (κ1) is 17.2. The second-order valence-corrected chi connectivity index (χ2v) is 7.07. The highest BCUT2D eigenvalue weighted by molar-refractivity contribution is 7.99. The van der Waals surface area contributed by atoms with Crippen LogP contribution in [-0.4, -0.2) is 32.3 Å². The number of aromatic carboxylic acids is 1. The number of hydrogen-bond donors (Lipinski definition) is 1. The normalized spacial score (nSPS) is 11.2. The number of aromatic nitrogens is 2. The van der Waals surface area contributed by atoms with E-state index in [1.54, 1.807) is 12.1 Å². The highest BCUT2D eigenvalue weighted by atomic mass is 32.2. The van der Waals surface area contributed by atoms with E-state index in [0.717, 1.165) is 11.3 Å². The molecule has 5 nitrogen and oxygen atoms in total. The van der Waals surface area contributed by atoms with Crippen LogP contribution in [0.3, 0.4) is 0 Å². The van der Waals surface area contributed by atoms with E-state index in [1.165, 1.54) is 28.5 Å². The number of rotatable bonds is 5. The third-order valence-corrected chi connectivity index (χ3v) is 5.03. The van der Waals surface area contributed by atoms with Gasteiger partial charge in [-0.2, -0.15) is 0 Å². The lowest BCUT2D eigenvalue weighted by Gasteiger charge is -2.10. The van der Waals surface area contributed by atoms with Crippen LogP contribution < -0.4 is 0 Å². The van der Waals surface area contributed by atoms with Crippen molar-refractivity contribution in [2.75, 3.05) is 5.75 Å². The van der Waals surface area contributed by atoms with Crippen molar-refractivity contribution in [2.45, 2.75) is 19.0 Å². The van der Waals surface area contributed by atoms with E-state index in [-0.39, 0.29) is 17.0 Å². The largest absolute Gasteiger partial charge is 0.478 e. The first-order chi connectivity index (χ1) is 12.0. The third kappa shape index (κ3) is 3.44. The molecule has 3 aromatic rings. The van der Waals surface area contributed by atoms with Crippen molar-refractivity contribution in [2.24, 2.45) is 5.92 Å². The lowest BCUT2D eigenvalue weighted by atomic mass is 10.1. The molecule has 1 heterocycles. The second-order valence-electron chi connectivity index (χ2n) is 6.08. The molecule has 0 aliphatic rings. The van der Waals surface area contributed by atoms with Crippen molar-refractivity contribution < 1.29 is 14.7 Å². The predicted octanol–water partition coefficient (Wildman–Crippen LogP) is 4.17. The van der Waals surface area contributed by atoms with Gasteiger partial charge >= 0.3 is 5.97 Å². The molecule has 2 aromatic carbocycles. The van der Waals surface area contributed by atoms with Crippen LogP contribution in [0.5, 0.6) is 0 Å². The zero-order chi connectivity index (χ0) is 18.0. The minimum Gasteiger partial charge on any atom is -0.478 e. The van der Waals surface area contributed by atoms with Gasteiger partial charge in [-0.05, 0) is 30.2 Å². The van der Waals surface area contributed by atoms with E-state index in [0.29, 0.717) is 16.6 Å². The SMILES string of the molecule is CC(C)CSc1nc2ccccc2n1C(=O)c1ccccc1C(=O)O. The van der Waals surface area contributed by atoms with Crippen molar-refractivity contribution >= 4 is 34.7 Å². The Bertz CT molecular complexity index is 947. The fourth-order valence-corrected chi connectivity index (χ4v) is 3.47. The van der Waals surface area contributed by atoms with Crippen molar-refractivity contribution in [3.05, 3.63) is 59.7 Å². The molecule has 0 bridgehead atoms. The Morgan fingerprint density at radius 1 is 1.08 bits per heavy atom. The first-order valence-corrected chi connectivity index (χ1v) is 8.95. The topological polar surface area (TPSA) is 72.2 Å². The number of nitrogens with zero attached hydrogens (tertiary/aromatic N) is 2. The van der Waals surface area contributed by atoms with Crippen molar-refractivity contribution in [1.29, 1.82) is 0 Å². The summed E-state index contributed by atoms with van der Waals surface area (Å²) in [6.07, 6.45) is 0. The van der Waals surface area contributed by atoms with Crippen LogP contribution in [0.15, 0.2) is 53.7 Å². The standard InChI is InChI=1S/C19H18N2O3S/c1-12(2)11-25-19-20-15-9-5-6-10-16(15)21(19)17(22)13-7-3-4-8-14(13)18(23)24/h3-10,12H,11H2,1-2H3,(H,23,24). The van der Waals surface area contributed by atoms with E-state index >= 15 is 0 Å². The average molecular weight is 354 g/mol. The maximum atomic E-state index is 13.2. The van der Waals surface area contributed by atoms with Crippen LogP contribution in [0.2, 0.25) is 0 Å². The average Bonchev–Trinajstić information content (AvgIpc) is 2.97. The van der Waals surface area contributed by atoms with Crippen LogP contribution in [0, 0.1) is 5.92 Å². The smallest absolute Gasteiger partial charge is 0.336 e. The Balaban J connectivity index is 2.15. The number of hydrogen-bond acceptors (Lipinski definition) is 4. The molecule has 0 amide bonds. The Morgan fingerprint density at radius 3 is 2.40 bits per heavy atom. The molecule has 128 valence electrons. The molecule has 25 heavy (non-hydrogen) atoms. The number of carboxylic acid groups (broad SMARTS) is 1. The quantitative estimate of drug-likeness (QED) is 0.696. The number of thioether (sulfide) groups is 1. The van der Waals surface area contributed by atoms with Gasteiger partial charge in [0, 0.05) is 5.75 Å². The van der Waals surface area contributed by atoms with Crippen LogP contribution >= 0.6 is 11.8 Å². The van der Waals surface area contributed by atoms with Crippen molar-refractivity contribution in [1.82, 2.24) is 9.55 Å². The molecule has 3 rings (SSSR count). The molecule has 0 atom stereocenters. The first-order valence-electron chi connectivity index (χ1n) is 7.96. The number of carbonyl (C=O) groups is 2. The van der Waals surface area contributed by atoms with E-state index in [1.807, 2.05) is 24.3 Å². The van der Waals surface area contributed by atoms with Crippen molar-refractivity contribution in [3.8, 4) is 0 Å². The van der Waals surface area contributed by atoms with Gasteiger partial charge in [0.1, 0.15) is 0 Å². The molecule has 0 spiro atoms. The molecule has 0 saturated carbocycles. The van der Waals surface area contributed by atoms with Gasteiger partial charge in [-0.15, -0.1) is 0 Å². The van der Waals surface area contributed by atoms with Gasteiger partial charge in [0.2, 0.25) is 0 Å². The highest BCUT2D eigenvalue weighted by Crippen LogP contribution is 2.27. The van der Waals surface area contributed by atoms with Crippen LogP contribution in [0.1, 0.15) is 34.6 Å². The monoisotopic (exact) mass is 354 g/mol. The maximum absolute atomic E-state index is 13.2. The zero-order valence-corrected chi connectivity index (χ0v) is 14.8. The summed E-state index contributed by atoms with van der Waals surface area (Å²) in [5, 5.41) is 9.97.